The first-order valence-corrected chi connectivity index (χ1v) is 7.65. The van der Waals surface area contributed by atoms with Crippen molar-refractivity contribution in [2.45, 2.75) is 26.4 Å². The summed E-state index contributed by atoms with van der Waals surface area (Å²) in [5.41, 5.74) is 2.33. The van der Waals surface area contributed by atoms with Crippen LogP contribution in [0, 0.1) is 3.57 Å². The highest BCUT2D eigenvalue weighted by molar-refractivity contribution is 14.1. The predicted molar refractivity (Wildman–Crippen MR) is 86.8 cm³/mol. The van der Waals surface area contributed by atoms with Gasteiger partial charge in [0.1, 0.15) is 0 Å². The Kier molecular flexibility index (Phi) is 4.66. The Morgan fingerprint density at radius 3 is 2.89 bits per heavy atom. The van der Waals surface area contributed by atoms with Gasteiger partial charge in [0, 0.05) is 38.1 Å². The van der Waals surface area contributed by atoms with Crippen LogP contribution in [0.1, 0.15) is 25.5 Å². The normalized spacial score (nSPS) is 10.9. The predicted octanol–water partition coefficient (Wildman–Crippen LogP) is 4.44. The average Bonchev–Trinajstić information content (AvgIpc) is 2.79. The number of hydrogen-bond acceptors (Lipinski definition) is 2. The Labute approximate surface area is 129 Å². The Bertz CT molecular complexity index is 537. The lowest BCUT2D eigenvalue weighted by atomic mass is 10.3. The molecule has 5 heteroatoms. The minimum Gasteiger partial charge on any atom is -0.380 e. The van der Waals surface area contributed by atoms with Crippen molar-refractivity contribution >= 4 is 44.2 Å². The fourth-order valence-electron chi connectivity index (χ4n) is 1.58. The molecule has 0 aliphatic heterocycles. The summed E-state index contributed by atoms with van der Waals surface area (Å²) in [6.07, 6.45) is 4.00. The fraction of sp³-hybridized carbons (Fsp3) is 0.308. The van der Waals surface area contributed by atoms with Crippen LogP contribution in [-0.4, -0.2) is 9.78 Å². The lowest BCUT2D eigenvalue weighted by Gasteiger charge is -2.08. The SMILES string of the molecule is CC(C)n1cc(CNc2cc(Br)ccc2I)cn1. The Morgan fingerprint density at radius 2 is 2.22 bits per heavy atom. The van der Waals surface area contributed by atoms with E-state index >= 15 is 0 Å². The van der Waals surface area contributed by atoms with Crippen molar-refractivity contribution in [2.24, 2.45) is 0 Å². The number of nitrogens with one attached hydrogen (secondary N) is 1. The molecule has 0 radical (unpaired) electrons. The minimum atomic E-state index is 0.407. The molecule has 2 aromatic rings. The summed E-state index contributed by atoms with van der Waals surface area (Å²) in [4.78, 5) is 0. The van der Waals surface area contributed by atoms with Gasteiger partial charge in [-0.15, -0.1) is 0 Å². The highest BCUT2D eigenvalue weighted by Gasteiger charge is 2.03. The second-order valence-corrected chi connectivity index (χ2v) is 6.48. The molecule has 18 heavy (non-hydrogen) atoms. The molecule has 0 aliphatic carbocycles. The van der Waals surface area contributed by atoms with Gasteiger partial charge >= 0.3 is 0 Å². The van der Waals surface area contributed by atoms with Crippen LogP contribution >= 0.6 is 38.5 Å². The van der Waals surface area contributed by atoms with Crippen molar-refractivity contribution in [2.75, 3.05) is 5.32 Å². The van der Waals surface area contributed by atoms with E-state index in [1.54, 1.807) is 0 Å². The quantitative estimate of drug-likeness (QED) is 0.742. The van der Waals surface area contributed by atoms with Gasteiger partial charge in [0.05, 0.1) is 6.20 Å². The van der Waals surface area contributed by atoms with Crippen molar-refractivity contribution < 1.29 is 0 Å². The molecule has 0 amide bonds. The van der Waals surface area contributed by atoms with Crippen LogP contribution in [0.2, 0.25) is 0 Å². The van der Waals surface area contributed by atoms with E-state index in [0.29, 0.717) is 6.04 Å². The molecule has 2 rings (SSSR count). The molecule has 0 saturated carbocycles. The molecule has 0 unspecified atom stereocenters. The van der Waals surface area contributed by atoms with Gasteiger partial charge in [-0.25, -0.2) is 0 Å². The Balaban J connectivity index is 2.04. The molecule has 1 aromatic heterocycles. The molecule has 3 nitrogen and oxygen atoms in total. The summed E-state index contributed by atoms with van der Waals surface area (Å²) >= 11 is 5.82. The van der Waals surface area contributed by atoms with E-state index in [9.17, 15) is 0 Å². The standard InChI is InChI=1S/C13H15BrIN3/c1-9(2)18-8-10(7-17-18)6-16-13-5-11(14)3-4-12(13)15/h3-5,7-9,16H,6H2,1-2H3. The summed E-state index contributed by atoms with van der Waals surface area (Å²) < 4.78 is 4.28. The van der Waals surface area contributed by atoms with E-state index in [1.807, 2.05) is 16.9 Å². The van der Waals surface area contributed by atoms with Gasteiger partial charge in [-0.05, 0) is 54.6 Å². The van der Waals surface area contributed by atoms with E-state index in [2.05, 4.69) is 81.1 Å². The highest BCUT2D eigenvalue weighted by atomic mass is 127. The Hall–Kier alpha value is -0.560. The first kappa shape index (κ1) is 13.9. The number of anilines is 1. The zero-order valence-corrected chi connectivity index (χ0v) is 14.1. The molecular formula is C13H15BrIN3. The Morgan fingerprint density at radius 1 is 1.44 bits per heavy atom. The molecule has 0 atom stereocenters. The van der Waals surface area contributed by atoms with Crippen molar-refractivity contribution in [3.8, 4) is 0 Å². The van der Waals surface area contributed by atoms with Crippen LogP contribution in [-0.2, 0) is 6.54 Å². The van der Waals surface area contributed by atoms with E-state index in [0.717, 1.165) is 16.7 Å². The number of rotatable bonds is 4. The maximum atomic E-state index is 4.33. The van der Waals surface area contributed by atoms with Gasteiger partial charge in [-0.2, -0.15) is 5.10 Å². The molecule has 0 saturated heterocycles. The third-order valence-electron chi connectivity index (χ3n) is 2.60. The zero-order valence-electron chi connectivity index (χ0n) is 10.3. The minimum absolute atomic E-state index is 0.407. The van der Waals surface area contributed by atoms with Crippen LogP contribution in [0.3, 0.4) is 0 Å². The molecule has 0 bridgehead atoms. The van der Waals surface area contributed by atoms with Gasteiger partial charge < -0.3 is 5.32 Å². The molecule has 0 fully saturated rings. The first-order valence-electron chi connectivity index (χ1n) is 5.78. The lowest BCUT2D eigenvalue weighted by molar-refractivity contribution is 0.532. The smallest absolute Gasteiger partial charge is 0.0539 e. The zero-order chi connectivity index (χ0) is 13.1. The van der Waals surface area contributed by atoms with Crippen LogP contribution in [0.25, 0.3) is 0 Å². The second-order valence-electron chi connectivity index (χ2n) is 4.40. The number of aromatic nitrogens is 2. The van der Waals surface area contributed by atoms with Gasteiger partial charge in [0.25, 0.3) is 0 Å². The molecular weight excluding hydrogens is 405 g/mol. The highest BCUT2D eigenvalue weighted by Crippen LogP contribution is 2.23. The summed E-state index contributed by atoms with van der Waals surface area (Å²) in [7, 11) is 0. The summed E-state index contributed by atoms with van der Waals surface area (Å²) in [5.74, 6) is 0. The average molecular weight is 420 g/mol. The van der Waals surface area contributed by atoms with Gasteiger partial charge in [0.15, 0.2) is 0 Å². The second kappa shape index (κ2) is 6.06. The topological polar surface area (TPSA) is 29.9 Å². The molecule has 0 spiro atoms. The molecule has 96 valence electrons. The first-order chi connectivity index (χ1) is 8.56. The van der Waals surface area contributed by atoms with Gasteiger partial charge in [0.2, 0.25) is 0 Å². The number of benzene rings is 1. The molecule has 1 aromatic carbocycles. The van der Waals surface area contributed by atoms with Gasteiger partial charge in [-0.3, -0.25) is 4.68 Å². The molecule has 1 N–H and O–H groups in total. The van der Waals surface area contributed by atoms with Crippen LogP contribution < -0.4 is 5.32 Å². The number of hydrogen-bond donors (Lipinski definition) is 1. The van der Waals surface area contributed by atoms with Crippen LogP contribution in [0.15, 0.2) is 35.1 Å². The van der Waals surface area contributed by atoms with E-state index in [1.165, 1.54) is 9.13 Å². The number of halogens is 2. The molecule has 0 aliphatic rings. The summed E-state index contributed by atoms with van der Waals surface area (Å²) in [5, 5.41) is 7.76. The molecule has 1 heterocycles. The summed E-state index contributed by atoms with van der Waals surface area (Å²) in [6.45, 7) is 5.04. The van der Waals surface area contributed by atoms with E-state index < -0.39 is 0 Å². The third kappa shape index (κ3) is 3.47. The summed E-state index contributed by atoms with van der Waals surface area (Å²) in [6, 6.07) is 6.63. The van der Waals surface area contributed by atoms with E-state index in [-0.39, 0.29) is 0 Å². The monoisotopic (exact) mass is 419 g/mol. The maximum Gasteiger partial charge on any atom is 0.0539 e. The van der Waals surface area contributed by atoms with Crippen LogP contribution in [0.5, 0.6) is 0 Å². The van der Waals surface area contributed by atoms with Crippen molar-refractivity contribution in [1.29, 1.82) is 0 Å². The van der Waals surface area contributed by atoms with E-state index in [4.69, 9.17) is 0 Å². The van der Waals surface area contributed by atoms with Crippen molar-refractivity contribution in [1.82, 2.24) is 9.78 Å². The maximum absolute atomic E-state index is 4.33. The van der Waals surface area contributed by atoms with Gasteiger partial charge in [-0.1, -0.05) is 15.9 Å². The van der Waals surface area contributed by atoms with Crippen LogP contribution in [0.4, 0.5) is 5.69 Å². The largest absolute Gasteiger partial charge is 0.380 e. The lowest BCUT2D eigenvalue weighted by Crippen LogP contribution is -2.02. The number of nitrogens with zero attached hydrogens (tertiary/aromatic N) is 2. The third-order valence-corrected chi connectivity index (χ3v) is 4.03. The van der Waals surface area contributed by atoms with Crippen molar-refractivity contribution in [3.05, 3.63) is 44.2 Å². The van der Waals surface area contributed by atoms with Crippen molar-refractivity contribution in [3.63, 3.8) is 0 Å². The fourth-order valence-corrected chi connectivity index (χ4v) is 2.47.